The third-order valence-electron chi connectivity index (χ3n) is 4.61. The van der Waals surface area contributed by atoms with Gasteiger partial charge >= 0.3 is 5.97 Å². The molecule has 2 aliphatic carbocycles. The second-order valence-corrected chi connectivity index (χ2v) is 5.56. The first-order chi connectivity index (χ1) is 7.99. The van der Waals surface area contributed by atoms with E-state index in [4.69, 9.17) is 4.74 Å². The Hall–Kier alpha value is -1.12. The Morgan fingerprint density at radius 1 is 1.47 bits per heavy atom. The van der Waals surface area contributed by atoms with Crippen molar-refractivity contribution in [2.75, 3.05) is 7.11 Å². The van der Waals surface area contributed by atoms with E-state index in [0.29, 0.717) is 5.92 Å². The molecule has 1 fully saturated rings. The Balaban J connectivity index is 2.46. The summed E-state index contributed by atoms with van der Waals surface area (Å²) in [6.45, 7) is 4.30. The fourth-order valence-electron chi connectivity index (χ4n) is 3.24. The first-order valence-electron chi connectivity index (χ1n) is 6.35. The number of allylic oxidation sites excluding steroid dienone is 1. The van der Waals surface area contributed by atoms with Crippen molar-refractivity contribution in [2.45, 2.75) is 39.5 Å². The minimum Gasteiger partial charge on any atom is -0.465 e. The molecular weight excluding hydrogens is 216 g/mol. The number of methoxy groups -OCH3 is 1. The summed E-state index contributed by atoms with van der Waals surface area (Å²) in [6.07, 6.45) is 6.05. The molecule has 3 heteroatoms. The van der Waals surface area contributed by atoms with Crippen LogP contribution in [0.4, 0.5) is 0 Å². The van der Waals surface area contributed by atoms with Gasteiger partial charge in [0.2, 0.25) is 0 Å². The fraction of sp³-hybridized carbons (Fsp3) is 0.714. The number of hydrogen-bond donors (Lipinski definition) is 0. The molecule has 2 aliphatic rings. The third kappa shape index (κ3) is 1.92. The zero-order chi connectivity index (χ0) is 12.6. The predicted octanol–water partition coefficient (Wildman–Crippen LogP) is 2.50. The molecule has 0 aromatic carbocycles. The lowest BCUT2D eigenvalue weighted by Gasteiger charge is -2.39. The van der Waals surface area contributed by atoms with Crippen LogP contribution in [0, 0.1) is 17.3 Å². The maximum absolute atomic E-state index is 12.3. The summed E-state index contributed by atoms with van der Waals surface area (Å²) in [5, 5.41) is 0. The van der Waals surface area contributed by atoms with Gasteiger partial charge in [-0.2, -0.15) is 0 Å². The van der Waals surface area contributed by atoms with Gasteiger partial charge in [0, 0.05) is 5.92 Å². The van der Waals surface area contributed by atoms with Gasteiger partial charge in [-0.05, 0) is 24.2 Å². The monoisotopic (exact) mass is 236 g/mol. The highest BCUT2D eigenvalue weighted by molar-refractivity contribution is 6.18. The Morgan fingerprint density at radius 3 is 2.82 bits per heavy atom. The summed E-state index contributed by atoms with van der Waals surface area (Å²) in [7, 11) is 1.33. The quantitative estimate of drug-likeness (QED) is 0.519. The van der Waals surface area contributed by atoms with Gasteiger partial charge in [-0.1, -0.05) is 32.8 Å². The highest BCUT2D eigenvalue weighted by Gasteiger charge is 2.46. The second-order valence-electron chi connectivity index (χ2n) is 5.56. The minimum atomic E-state index is -0.472. The van der Waals surface area contributed by atoms with Gasteiger partial charge in [0.15, 0.2) is 5.78 Å². The van der Waals surface area contributed by atoms with Crippen molar-refractivity contribution in [3.8, 4) is 0 Å². The molecule has 0 aromatic heterocycles. The highest BCUT2D eigenvalue weighted by Crippen LogP contribution is 2.48. The van der Waals surface area contributed by atoms with E-state index < -0.39 is 5.97 Å². The smallest absolute Gasteiger partial charge is 0.341 e. The van der Waals surface area contributed by atoms with Crippen LogP contribution < -0.4 is 0 Å². The molecule has 1 saturated carbocycles. The lowest BCUT2D eigenvalue weighted by Crippen LogP contribution is -2.39. The number of ketones is 1. The minimum absolute atomic E-state index is 0.00148. The lowest BCUT2D eigenvalue weighted by molar-refractivity contribution is -0.139. The summed E-state index contributed by atoms with van der Waals surface area (Å²) >= 11 is 0. The molecule has 94 valence electrons. The molecular formula is C14H20O3. The SMILES string of the molecule is COC(=O)C1=C[C@]2(C)CCCC[C@H](C1=O)C2C. The van der Waals surface area contributed by atoms with Crippen LogP contribution in [0.5, 0.6) is 0 Å². The number of ether oxygens (including phenoxy) is 1. The molecule has 1 unspecified atom stereocenters. The molecule has 0 amide bonds. The lowest BCUT2D eigenvalue weighted by atomic mass is 9.64. The van der Waals surface area contributed by atoms with Gasteiger partial charge in [0.25, 0.3) is 0 Å². The van der Waals surface area contributed by atoms with Crippen LogP contribution in [0.15, 0.2) is 11.6 Å². The molecule has 0 heterocycles. The van der Waals surface area contributed by atoms with Gasteiger partial charge in [0.1, 0.15) is 0 Å². The Kier molecular flexibility index (Phi) is 3.11. The summed E-state index contributed by atoms with van der Waals surface area (Å²) in [6, 6.07) is 0. The Labute approximate surface area is 102 Å². The van der Waals surface area contributed by atoms with Crippen LogP contribution in [0.1, 0.15) is 39.5 Å². The molecule has 0 N–H and O–H groups in total. The topological polar surface area (TPSA) is 43.4 Å². The van der Waals surface area contributed by atoms with E-state index in [2.05, 4.69) is 13.8 Å². The van der Waals surface area contributed by atoms with Gasteiger partial charge < -0.3 is 4.74 Å². The molecule has 0 radical (unpaired) electrons. The molecule has 0 aliphatic heterocycles. The van der Waals surface area contributed by atoms with E-state index in [1.165, 1.54) is 7.11 Å². The van der Waals surface area contributed by atoms with Crippen molar-refractivity contribution in [2.24, 2.45) is 17.3 Å². The van der Waals surface area contributed by atoms with Gasteiger partial charge in [-0.3, -0.25) is 4.79 Å². The molecule has 0 spiro atoms. The van der Waals surface area contributed by atoms with Gasteiger partial charge in [-0.25, -0.2) is 4.79 Å². The molecule has 3 atom stereocenters. The molecule has 0 saturated heterocycles. The predicted molar refractivity (Wildman–Crippen MR) is 64.3 cm³/mol. The summed E-state index contributed by atoms with van der Waals surface area (Å²) in [5.41, 5.74) is 0.249. The number of Topliss-reactive ketones (excluding diaryl/α,β-unsaturated/α-hetero) is 1. The van der Waals surface area contributed by atoms with E-state index in [1.54, 1.807) is 0 Å². The van der Waals surface area contributed by atoms with E-state index in [9.17, 15) is 9.59 Å². The zero-order valence-electron chi connectivity index (χ0n) is 10.8. The van der Waals surface area contributed by atoms with Crippen LogP contribution in [0.3, 0.4) is 0 Å². The maximum atomic E-state index is 12.3. The molecule has 17 heavy (non-hydrogen) atoms. The average Bonchev–Trinajstić information content (AvgIpc) is 2.41. The Bertz CT molecular complexity index is 383. The largest absolute Gasteiger partial charge is 0.465 e. The zero-order valence-corrected chi connectivity index (χ0v) is 10.8. The van der Waals surface area contributed by atoms with Crippen LogP contribution in [-0.4, -0.2) is 18.9 Å². The fourth-order valence-corrected chi connectivity index (χ4v) is 3.24. The van der Waals surface area contributed by atoms with Crippen molar-refractivity contribution in [1.29, 1.82) is 0 Å². The van der Waals surface area contributed by atoms with Gasteiger partial charge in [0.05, 0.1) is 12.7 Å². The van der Waals surface area contributed by atoms with E-state index in [-0.39, 0.29) is 22.7 Å². The standard InChI is InChI=1S/C14H20O3/c1-9-10-6-4-5-7-14(9,2)8-11(12(10)15)13(16)17-3/h8-10H,4-7H2,1-3H3/t9?,10-,14-/m0/s1. The van der Waals surface area contributed by atoms with E-state index in [0.717, 1.165) is 25.7 Å². The summed E-state index contributed by atoms with van der Waals surface area (Å²) in [5.74, 6) is -0.156. The number of carbonyl (C=O) groups excluding carboxylic acids is 2. The molecule has 0 aromatic rings. The number of esters is 1. The first kappa shape index (κ1) is 12.3. The maximum Gasteiger partial charge on any atom is 0.341 e. The second kappa shape index (κ2) is 4.28. The van der Waals surface area contributed by atoms with Crippen molar-refractivity contribution >= 4 is 11.8 Å². The van der Waals surface area contributed by atoms with Gasteiger partial charge in [-0.15, -0.1) is 0 Å². The Morgan fingerprint density at radius 2 is 2.18 bits per heavy atom. The highest BCUT2D eigenvalue weighted by atomic mass is 16.5. The number of fused-ring (bicyclic) bond motifs is 2. The van der Waals surface area contributed by atoms with Crippen LogP contribution in [-0.2, 0) is 14.3 Å². The third-order valence-corrected chi connectivity index (χ3v) is 4.61. The van der Waals surface area contributed by atoms with E-state index in [1.807, 2.05) is 6.08 Å². The van der Waals surface area contributed by atoms with E-state index >= 15 is 0 Å². The van der Waals surface area contributed by atoms with Crippen molar-refractivity contribution < 1.29 is 14.3 Å². The van der Waals surface area contributed by atoms with Crippen molar-refractivity contribution in [3.05, 3.63) is 11.6 Å². The summed E-state index contributed by atoms with van der Waals surface area (Å²) in [4.78, 5) is 23.9. The normalized spacial score (nSPS) is 37.1. The number of carbonyl (C=O) groups is 2. The van der Waals surface area contributed by atoms with Crippen LogP contribution in [0.2, 0.25) is 0 Å². The molecule has 2 rings (SSSR count). The molecule has 3 nitrogen and oxygen atoms in total. The van der Waals surface area contributed by atoms with Crippen LogP contribution in [0.25, 0.3) is 0 Å². The van der Waals surface area contributed by atoms with Crippen molar-refractivity contribution in [1.82, 2.24) is 0 Å². The average molecular weight is 236 g/mol. The number of hydrogen-bond acceptors (Lipinski definition) is 3. The van der Waals surface area contributed by atoms with Crippen molar-refractivity contribution in [3.63, 3.8) is 0 Å². The number of rotatable bonds is 1. The van der Waals surface area contributed by atoms with Crippen LogP contribution >= 0.6 is 0 Å². The first-order valence-corrected chi connectivity index (χ1v) is 6.35. The molecule has 2 bridgehead atoms. The summed E-state index contributed by atoms with van der Waals surface area (Å²) < 4.78 is 4.72.